The molecule has 0 bridgehead atoms. The number of nitrogens with one attached hydrogen (secondary N) is 1. The zero-order valence-electron chi connectivity index (χ0n) is 13.5. The first-order valence-electron chi connectivity index (χ1n) is 6.97. The third-order valence-corrected chi connectivity index (χ3v) is 4.43. The minimum Gasteiger partial charge on any atom is -0.733 e. The molecule has 0 fully saturated rings. The molecular weight excluding hydrogens is 323 g/mol. The third kappa shape index (κ3) is 6.17. The lowest BCUT2D eigenvalue weighted by Crippen LogP contribution is -2.21. The molecule has 0 aliphatic carbocycles. The van der Waals surface area contributed by atoms with E-state index in [1.54, 1.807) is 27.7 Å². The maximum Gasteiger partial charge on any atom is 0.398 e. The predicted octanol–water partition coefficient (Wildman–Crippen LogP) is 3.06. The molecule has 1 aromatic carbocycles. The summed E-state index contributed by atoms with van der Waals surface area (Å²) in [7, 11) is -3.72. The summed E-state index contributed by atoms with van der Waals surface area (Å²) >= 11 is 0. The maximum absolute atomic E-state index is 12.7. The lowest BCUT2D eigenvalue weighted by molar-refractivity contribution is 0.152. The Labute approximate surface area is 135 Å². The molecule has 0 spiro atoms. The molecule has 4 N–H and O–H groups in total. The van der Waals surface area contributed by atoms with E-state index in [4.69, 9.17) is 20.0 Å². The van der Waals surface area contributed by atoms with Crippen molar-refractivity contribution >= 4 is 24.5 Å². The van der Waals surface area contributed by atoms with Crippen LogP contribution < -0.4 is 16.4 Å². The summed E-state index contributed by atoms with van der Waals surface area (Å²) in [6, 6.07) is 5.72. The van der Waals surface area contributed by atoms with Crippen molar-refractivity contribution in [2.75, 3.05) is 10.7 Å². The average molecular weight is 345 g/mol. The van der Waals surface area contributed by atoms with Gasteiger partial charge in [0.15, 0.2) is 0 Å². The van der Waals surface area contributed by atoms with E-state index in [9.17, 15) is 9.77 Å². The van der Waals surface area contributed by atoms with Crippen LogP contribution in [-0.4, -0.2) is 23.0 Å². The predicted molar refractivity (Wildman–Crippen MR) is 89.4 cm³/mol. The highest BCUT2D eigenvalue weighted by Crippen LogP contribution is 2.50. The molecule has 1 rings (SSSR count). The molecule has 0 radical (unpaired) electrons. The molecule has 0 aliphatic rings. The van der Waals surface area contributed by atoms with Crippen molar-refractivity contribution in [1.29, 1.82) is 0 Å². The monoisotopic (exact) mass is 345 g/mol. The van der Waals surface area contributed by atoms with Gasteiger partial charge in [-0.15, -0.1) is 5.10 Å². The highest BCUT2D eigenvalue weighted by molar-refractivity contribution is 7.72. The van der Waals surface area contributed by atoms with Gasteiger partial charge in [-0.1, -0.05) is 0 Å². The maximum atomic E-state index is 12.7. The summed E-state index contributed by atoms with van der Waals surface area (Å²) in [6.45, 7) is 6.83. The van der Waals surface area contributed by atoms with E-state index in [1.165, 1.54) is 24.3 Å². The van der Waals surface area contributed by atoms with Gasteiger partial charge in [0.25, 0.3) is 0 Å². The van der Waals surface area contributed by atoms with Crippen molar-refractivity contribution in [3.63, 3.8) is 0 Å². The first-order chi connectivity index (χ1) is 10.6. The molecule has 0 aliphatic heterocycles. The van der Waals surface area contributed by atoms with Gasteiger partial charge in [-0.2, -0.15) is 0 Å². The zero-order valence-corrected chi connectivity index (χ0v) is 14.4. The van der Waals surface area contributed by atoms with Gasteiger partial charge in [0, 0.05) is 0 Å². The second-order valence-corrected chi connectivity index (χ2v) is 7.08. The van der Waals surface area contributed by atoms with Crippen molar-refractivity contribution in [3.8, 4) is 0 Å². The number of hydrogen-bond donors (Lipinski definition) is 3. The quantitative estimate of drug-likeness (QED) is 0.283. The van der Waals surface area contributed by atoms with Gasteiger partial charge in [0.2, 0.25) is 5.58 Å². The van der Waals surface area contributed by atoms with Crippen LogP contribution in [0.15, 0.2) is 29.4 Å². The van der Waals surface area contributed by atoms with E-state index in [0.29, 0.717) is 5.69 Å². The molecule has 0 aromatic heterocycles. The zero-order chi connectivity index (χ0) is 17.6. The largest absolute Gasteiger partial charge is 0.733 e. The Hall–Kier alpha value is -1.64. The van der Waals surface area contributed by atoms with Crippen LogP contribution in [0.1, 0.15) is 27.7 Å². The molecule has 0 amide bonds. The van der Waals surface area contributed by atoms with Crippen LogP contribution in [0, 0.1) is 5.21 Å². The fourth-order valence-electron chi connectivity index (χ4n) is 1.53. The Morgan fingerprint density at radius 1 is 1.26 bits per heavy atom. The third-order valence-electron chi connectivity index (χ3n) is 2.37. The van der Waals surface area contributed by atoms with E-state index in [2.05, 4.69) is 10.5 Å². The first kappa shape index (κ1) is 19.4. The second kappa shape index (κ2) is 8.28. The summed E-state index contributed by atoms with van der Waals surface area (Å²) < 4.78 is 23.3. The summed E-state index contributed by atoms with van der Waals surface area (Å²) in [5, 5.41) is 23.0. The molecule has 9 nitrogen and oxygen atoms in total. The lowest BCUT2D eigenvalue weighted by Gasteiger charge is -2.22. The average Bonchev–Trinajstić information content (AvgIpc) is 2.43. The van der Waals surface area contributed by atoms with Gasteiger partial charge >= 0.3 is 7.60 Å². The topological polar surface area (TPSA) is 132 Å². The molecule has 0 atom stereocenters. The van der Waals surface area contributed by atoms with Crippen LogP contribution >= 0.6 is 7.60 Å². The number of hydrazone groups is 1. The molecule has 0 heterocycles. The molecule has 23 heavy (non-hydrogen) atoms. The van der Waals surface area contributed by atoms with Crippen LogP contribution in [0.5, 0.6) is 0 Å². The molecule has 0 unspecified atom stereocenters. The number of hydrogen-bond acceptors (Lipinski definition) is 8. The molecule has 0 saturated carbocycles. The van der Waals surface area contributed by atoms with Crippen LogP contribution in [0.25, 0.3) is 0 Å². The van der Waals surface area contributed by atoms with Crippen molar-refractivity contribution in [2.45, 2.75) is 39.9 Å². The van der Waals surface area contributed by atoms with Crippen LogP contribution in [0.2, 0.25) is 0 Å². The van der Waals surface area contributed by atoms with E-state index in [1.807, 2.05) is 0 Å². The Morgan fingerprint density at radius 2 is 1.74 bits per heavy atom. The summed E-state index contributed by atoms with van der Waals surface area (Å²) in [6.07, 6.45) is -0.722. The van der Waals surface area contributed by atoms with Gasteiger partial charge in [-0.3, -0.25) is 15.2 Å². The minimum absolute atomic E-state index is 0.0597. The van der Waals surface area contributed by atoms with E-state index < -0.39 is 7.60 Å². The molecular formula is C13H22N4O5P-. The Morgan fingerprint density at radius 3 is 2.13 bits per heavy atom. The number of nitrogens with zero attached hydrogens (tertiary/aromatic N) is 2. The number of nitrogens with two attached hydrogens (primary N) is 1. The molecule has 0 saturated heterocycles. The smallest absolute Gasteiger partial charge is 0.398 e. The first-order valence-corrected chi connectivity index (χ1v) is 8.51. The lowest BCUT2D eigenvalue weighted by atomic mass is 10.3. The molecule has 1 aromatic rings. The highest BCUT2D eigenvalue weighted by atomic mass is 31.2. The van der Waals surface area contributed by atoms with Crippen molar-refractivity contribution in [1.82, 2.24) is 0 Å². The van der Waals surface area contributed by atoms with Crippen LogP contribution in [0.4, 0.5) is 11.4 Å². The minimum atomic E-state index is -3.72. The molecule has 130 valence electrons. The van der Waals surface area contributed by atoms with Gasteiger partial charge in [0.1, 0.15) is 0 Å². The number of anilines is 2. The van der Waals surface area contributed by atoms with E-state index in [0.717, 1.165) is 0 Å². The highest BCUT2D eigenvalue weighted by Gasteiger charge is 2.33. The summed E-state index contributed by atoms with van der Waals surface area (Å²) in [5.41, 5.74) is 8.56. The van der Waals surface area contributed by atoms with E-state index >= 15 is 0 Å². The fraction of sp³-hybridized carbons (Fsp3) is 0.462. The van der Waals surface area contributed by atoms with Crippen LogP contribution in [-0.2, 0) is 13.6 Å². The normalized spacial score (nSPS) is 12.8. The Balaban J connectivity index is 2.88. The summed E-state index contributed by atoms with van der Waals surface area (Å²) in [4.78, 5) is 0. The van der Waals surface area contributed by atoms with Gasteiger partial charge < -0.3 is 25.2 Å². The van der Waals surface area contributed by atoms with Gasteiger partial charge in [-0.25, -0.2) is 0 Å². The van der Waals surface area contributed by atoms with Gasteiger partial charge in [-0.05, 0) is 52.0 Å². The van der Waals surface area contributed by atoms with Gasteiger partial charge in [0.05, 0.1) is 23.6 Å². The number of benzene rings is 1. The van der Waals surface area contributed by atoms with E-state index in [-0.39, 0.29) is 28.7 Å². The van der Waals surface area contributed by atoms with Crippen molar-refractivity contribution in [2.24, 2.45) is 10.8 Å². The Bertz CT molecular complexity index is 560. The summed E-state index contributed by atoms with van der Waals surface area (Å²) in [5.74, 6) is 0. The van der Waals surface area contributed by atoms with Crippen molar-refractivity contribution < 1.29 is 18.8 Å². The Kier molecular flexibility index (Phi) is 6.99. The second-order valence-electron chi connectivity index (χ2n) is 5.21. The molecule has 10 heteroatoms. The number of amidine groups is 1. The van der Waals surface area contributed by atoms with Crippen molar-refractivity contribution in [3.05, 3.63) is 29.5 Å². The number of rotatable bonds is 8. The van der Waals surface area contributed by atoms with Crippen LogP contribution in [0.3, 0.4) is 0 Å². The fourth-order valence-corrected chi connectivity index (χ4v) is 3.08. The standard InChI is InChI=1S/C13H22N4O5P/c1-9(2)21-23(20,22-10(3)4)13(14)16-15-11-5-7-12(8-6-11)17(18)19/h5-10,15,18H,1-4H3,(H2,14,16)/q-1. The SMILES string of the molecule is CC(C)OP(=O)(OC(C)C)/C(N)=N\Nc1ccc(N([O-])O)cc1.